The van der Waals surface area contributed by atoms with Gasteiger partial charge in [-0.15, -0.1) is 10.2 Å². The van der Waals surface area contributed by atoms with Crippen molar-refractivity contribution in [1.29, 1.82) is 0 Å². The molecular formula is C17H22N4O2. The summed E-state index contributed by atoms with van der Waals surface area (Å²) in [4.78, 5) is 11.6. The van der Waals surface area contributed by atoms with Gasteiger partial charge in [0, 0.05) is 5.92 Å². The number of para-hydroxylation sites is 2. The molecule has 1 heterocycles. The monoisotopic (exact) mass is 314 g/mol. The van der Waals surface area contributed by atoms with E-state index in [2.05, 4.69) is 20.8 Å². The summed E-state index contributed by atoms with van der Waals surface area (Å²) in [6.07, 6.45) is 0.0812. The minimum absolute atomic E-state index is 0.0812. The molecule has 0 aliphatic rings. The number of benzene rings is 1. The van der Waals surface area contributed by atoms with Crippen molar-refractivity contribution in [3.63, 3.8) is 0 Å². The molecule has 0 spiro atoms. The van der Waals surface area contributed by atoms with E-state index in [0.29, 0.717) is 11.6 Å². The number of rotatable bonds is 6. The summed E-state index contributed by atoms with van der Waals surface area (Å²) in [5, 5.41) is 14.0. The van der Waals surface area contributed by atoms with Gasteiger partial charge >= 0.3 is 0 Å². The van der Waals surface area contributed by atoms with Crippen LogP contribution < -0.4 is 15.4 Å². The summed E-state index contributed by atoms with van der Waals surface area (Å²) < 4.78 is 5.75. The third-order valence-electron chi connectivity index (χ3n) is 2.95. The molecule has 0 bridgehead atoms. The highest BCUT2D eigenvalue weighted by molar-refractivity contribution is 5.91. The van der Waals surface area contributed by atoms with E-state index in [0.717, 1.165) is 11.4 Å². The van der Waals surface area contributed by atoms with Crippen molar-refractivity contribution in [3.8, 4) is 5.75 Å². The molecule has 6 nitrogen and oxygen atoms in total. The van der Waals surface area contributed by atoms with Crippen LogP contribution in [0.25, 0.3) is 0 Å². The molecule has 1 aromatic carbocycles. The fraction of sp³-hybridized carbons (Fsp3) is 0.353. The van der Waals surface area contributed by atoms with E-state index in [-0.39, 0.29) is 17.9 Å². The molecular weight excluding hydrogens is 292 g/mol. The number of anilines is 3. The van der Waals surface area contributed by atoms with Gasteiger partial charge in [-0.3, -0.25) is 4.79 Å². The van der Waals surface area contributed by atoms with Gasteiger partial charge < -0.3 is 15.4 Å². The SMILES string of the molecule is CC(C)Oc1ccccc1Nc1ccc(NC(=O)C(C)C)nn1. The van der Waals surface area contributed by atoms with Crippen LogP contribution in [-0.2, 0) is 4.79 Å². The predicted octanol–water partition coefficient (Wildman–Crippen LogP) is 3.60. The van der Waals surface area contributed by atoms with Crippen LogP contribution in [0.15, 0.2) is 36.4 Å². The van der Waals surface area contributed by atoms with Gasteiger partial charge in [-0.2, -0.15) is 0 Å². The summed E-state index contributed by atoms with van der Waals surface area (Å²) in [5.41, 5.74) is 0.814. The number of ether oxygens (including phenoxy) is 1. The van der Waals surface area contributed by atoms with Gasteiger partial charge in [-0.05, 0) is 38.1 Å². The Morgan fingerprint density at radius 3 is 2.26 bits per heavy atom. The molecule has 0 fully saturated rings. The summed E-state index contributed by atoms with van der Waals surface area (Å²) in [5.74, 6) is 1.57. The zero-order chi connectivity index (χ0) is 16.8. The first kappa shape index (κ1) is 16.7. The molecule has 23 heavy (non-hydrogen) atoms. The van der Waals surface area contributed by atoms with Crippen molar-refractivity contribution in [2.24, 2.45) is 5.92 Å². The second-order valence-electron chi connectivity index (χ2n) is 5.74. The standard InChI is InChI=1S/C17H22N4O2/c1-11(2)17(22)19-16-10-9-15(20-21-16)18-13-7-5-6-8-14(13)23-12(3)4/h5-12H,1-4H3,(H,18,20)(H,19,21,22). The summed E-state index contributed by atoms with van der Waals surface area (Å²) in [6.45, 7) is 7.60. The van der Waals surface area contributed by atoms with Gasteiger partial charge in [0.2, 0.25) is 5.91 Å². The zero-order valence-corrected chi connectivity index (χ0v) is 13.8. The van der Waals surface area contributed by atoms with Crippen LogP contribution in [0.4, 0.5) is 17.3 Å². The van der Waals surface area contributed by atoms with E-state index in [1.54, 1.807) is 12.1 Å². The van der Waals surface area contributed by atoms with Gasteiger partial charge in [0.25, 0.3) is 0 Å². The van der Waals surface area contributed by atoms with Crippen molar-refractivity contribution in [2.45, 2.75) is 33.8 Å². The average Bonchev–Trinajstić information content (AvgIpc) is 2.50. The molecule has 2 aromatic rings. The van der Waals surface area contributed by atoms with Gasteiger partial charge in [-0.25, -0.2) is 0 Å². The van der Waals surface area contributed by atoms with Crippen LogP contribution in [0.2, 0.25) is 0 Å². The Labute approximate surface area is 136 Å². The van der Waals surface area contributed by atoms with E-state index in [9.17, 15) is 4.79 Å². The molecule has 2 N–H and O–H groups in total. The largest absolute Gasteiger partial charge is 0.489 e. The number of nitrogens with zero attached hydrogens (tertiary/aromatic N) is 2. The van der Waals surface area contributed by atoms with Crippen LogP contribution in [0.5, 0.6) is 5.75 Å². The predicted molar refractivity (Wildman–Crippen MR) is 91.0 cm³/mol. The molecule has 122 valence electrons. The summed E-state index contributed by atoms with van der Waals surface area (Å²) >= 11 is 0. The Kier molecular flexibility index (Phi) is 5.51. The molecule has 0 aliphatic heterocycles. The Morgan fingerprint density at radius 2 is 1.65 bits per heavy atom. The third kappa shape index (κ3) is 4.95. The van der Waals surface area contributed by atoms with E-state index in [1.807, 2.05) is 52.0 Å². The molecule has 6 heteroatoms. The lowest BCUT2D eigenvalue weighted by atomic mass is 10.2. The first-order chi connectivity index (χ1) is 11.0. The van der Waals surface area contributed by atoms with Gasteiger partial charge in [0.05, 0.1) is 11.8 Å². The highest BCUT2D eigenvalue weighted by atomic mass is 16.5. The molecule has 0 saturated heterocycles. The fourth-order valence-electron chi connectivity index (χ4n) is 1.80. The van der Waals surface area contributed by atoms with Crippen LogP contribution in [0, 0.1) is 5.92 Å². The first-order valence-corrected chi connectivity index (χ1v) is 7.63. The van der Waals surface area contributed by atoms with Crippen LogP contribution >= 0.6 is 0 Å². The van der Waals surface area contributed by atoms with Crippen LogP contribution in [0.3, 0.4) is 0 Å². The minimum Gasteiger partial charge on any atom is -0.489 e. The van der Waals surface area contributed by atoms with Crippen LogP contribution in [-0.4, -0.2) is 22.2 Å². The maximum absolute atomic E-state index is 11.6. The fourth-order valence-corrected chi connectivity index (χ4v) is 1.80. The Morgan fingerprint density at radius 1 is 1.00 bits per heavy atom. The van der Waals surface area contributed by atoms with E-state index in [1.165, 1.54) is 0 Å². The summed E-state index contributed by atoms with van der Waals surface area (Å²) in [7, 11) is 0. The van der Waals surface area contributed by atoms with Crippen molar-refractivity contribution >= 4 is 23.2 Å². The van der Waals surface area contributed by atoms with Crippen molar-refractivity contribution < 1.29 is 9.53 Å². The number of aromatic nitrogens is 2. The number of nitrogens with one attached hydrogen (secondary N) is 2. The van der Waals surface area contributed by atoms with Crippen LogP contribution in [0.1, 0.15) is 27.7 Å². The summed E-state index contributed by atoms with van der Waals surface area (Å²) in [6, 6.07) is 11.1. The first-order valence-electron chi connectivity index (χ1n) is 7.63. The lowest BCUT2D eigenvalue weighted by molar-refractivity contribution is -0.118. The second kappa shape index (κ2) is 7.58. The molecule has 0 saturated carbocycles. The van der Waals surface area contributed by atoms with Gasteiger partial charge in [-0.1, -0.05) is 26.0 Å². The smallest absolute Gasteiger partial charge is 0.228 e. The van der Waals surface area contributed by atoms with E-state index >= 15 is 0 Å². The highest BCUT2D eigenvalue weighted by Crippen LogP contribution is 2.27. The number of carbonyl (C=O) groups is 1. The molecule has 0 radical (unpaired) electrons. The van der Waals surface area contributed by atoms with E-state index in [4.69, 9.17) is 4.74 Å². The molecule has 0 atom stereocenters. The Hall–Kier alpha value is -2.63. The van der Waals surface area contributed by atoms with Crippen molar-refractivity contribution in [2.75, 3.05) is 10.6 Å². The topological polar surface area (TPSA) is 76.1 Å². The second-order valence-corrected chi connectivity index (χ2v) is 5.74. The average molecular weight is 314 g/mol. The quantitative estimate of drug-likeness (QED) is 0.852. The van der Waals surface area contributed by atoms with Gasteiger partial charge in [0.1, 0.15) is 5.75 Å². The molecule has 2 rings (SSSR count). The normalized spacial score (nSPS) is 10.7. The van der Waals surface area contributed by atoms with Crippen molar-refractivity contribution in [1.82, 2.24) is 10.2 Å². The van der Waals surface area contributed by atoms with E-state index < -0.39 is 0 Å². The maximum atomic E-state index is 11.6. The number of amides is 1. The maximum Gasteiger partial charge on any atom is 0.228 e. The highest BCUT2D eigenvalue weighted by Gasteiger charge is 2.09. The molecule has 1 amide bonds. The lowest BCUT2D eigenvalue weighted by Crippen LogP contribution is -2.18. The van der Waals surface area contributed by atoms with Gasteiger partial charge in [0.15, 0.2) is 11.6 Å². The zero-order valence-electron chi connectivity index (χ0n) is 13.8. The molecule has 0 unspecified atom stereocenters. The minimum atomic E-state index is -0.102. The lowest BCUT2D eigenvalue weighted by Gasteiger charge is -2.15. The van der Waals surface area contributed by atoms with Crippen molar-refractivity contribution in [3.05, 3.63) is 36.4 Å². The number of hydrogen-bond acceptors (Lipinski definition) is 5. The Balaban J connectivity index is 2.08. The third-order valence-corrected chi connectivity index (χ3v) is 2.95. The number of hydrogen-bond donors (Lipinski definition) is 2. The molecule has 1 aromatic heterocycles. The molecule has 0 aliphatic carbocycles. The Bertz CT molecular complexity index is 654. The number of carbonyl (C=O) groups excluding carboxylic acids is 1.